The molecule has 1 amide bonds. The highest BCUT2D eigenvalue weighted by atomic mass is 16.3. The molecular weight excluding hydrogens is 262 g/mol. The molecule has 4 bridgehead atoms. The zero-order chi connectivity index (χ0) is 14.4. The first kappa shape index (κ1) is 14.0. The Bertz CT molecular complexity index is 384. The van der Waals surface area contributed by atoms with Crippen molar-refractivity contribution < 1.29 is 9.90 Å². The summed E-state index contributed by atoms with van der Waals surface area (Å²) in [6.45, 7) is 1.47. The number of likely N-dealkylation sites (tertiary alicyclic amines) is 1. The second-order valence-corrected chi connectivity index (χ2v) is 8.45. The SMILES string of the molecule is O=C1CCCCCN1CC(O)C12CC3CC(CC(C3)C1)C2. The number of carbonyl (C=O) groups is 1. The van der Waals surface area contributed by atoms with Crippen LogP contribution in [0, 0.1) is 23.2 Å². The third-order valence-corrected chi connectivity index (χ3v) is 6.86. The summed E-state index contributed by atoms with van der Waals surface area (Å²) in [6, 6.07) is 0. The summed E-state index contributed by atoms with van der Waals surface area (Å²) in [4.78, 5) is 14.2. The Morgan fingerprint density at radius 3 is 2.29 bits per heavy atom. The monoisotopic (exact) mass is 291 g/mol. The number of amides is 1. The van der Waals surface area contributed by atoms with E-state index in [1.54, 1.807) is 0 Å². The van der Waals surface area contributed by atoms with Crippen molar-refractivity contribution in [2.45, 2.75) is 70.3 Å². The number of aliphatic hydroxyl groups excluding tert-OH is 1. The van der Waals surface area contributed by atoms with Crippen molar-refractivity contribution in [3.8, 4) is 0 Å². The fourth-order valence-corrected chi connectivity index (χ4v) is 6.22. The van der Waals surface area contributed by atoms with Gasteiger partial charge in [0.05, 0.1) is 6.10 Å². The first-order valence-electron chi connectivity index (χ1n) is 9.10. The second-order valence-electron chi connectivity index (χ2n) is 8.45. The number of β-amino-alcohol motifs (C(OH)–C–C–N with tert-alkyl or cyclic N) is 1. The molecule has 1 N–H and O–H groups in total. The summed E-state index contributed by atoms with van der Waals surface area (Å²) < 4.78 is 0. The fourth-order valence-electron chi connectivity index (χ4n) is 6.22. The zero-order valence-electron chi connectivity index (χ0n) is 13.1. The van der Waals surface area contributed by atoms with Gasteiger partial charge in [0.1, 0.15) is 0 Å². The maximum absolute atomic E-state index is 12.2. The molecule has 1 unspecified atom stereocenters. The highest BCUT2D eigenvalue weighted by Gasteiger charge is 2.54. The van der Waals surface area contributed by atoms with Gasteiger partial charge in [-0.2, -0.15) is 0 Å². The van der Waals surface area contributed by atoms with E-state index in [4.69, 9.17) is 0 Å². The molecule has 0 aromatic heterocycles. The molecule has 4 saturated carbocycles. The van der Waals surface area contributed by atoms with Gasteiger partial charge in [-0.1, -0.05) is 6.42 Å². The third-order valence-electron chi connectivity index (χ3n) is 6.86. The van der Waals surface area contributed by atoms with E-state index in [0.29, 0.717) is 13.0 Å². The molecule has 5 aliphatic rings. The standard InChI is InChI=1S/C18H29NO2/c20-16(12-19-5-3-1-2-4-17(19)21)18-9-13-6-14(10-18)8-15(7-13)11-18/h13-16,20H,1-12H2. The van der Waals surface area contributed by atoms with E-state index in [9.17, 15) is 9.90 Å². The lowest BCUT2D eigenvalue weighted by molar-refractivity contribution is -0.143. The van der Waals surface area contributed by atoms with Gasteiger partial charge in [0, 0.05) is 19.5 Å². The van der Waals surface area contributed by atoms with E-state index in [2.05, 4.69) is 0 Å². The average molecular weight is 291 g/mol. The van der Waals surface area contributed by atoms with Crippen molar-refractivity contribution in [3.63, 3.8) is 0 Å². The third kappa shape index (κ3) is 2.52. The summed E-state index contributed by atoms with van der Waals surface area (Å²) in [5, 5.41) is 11.0. The Hall–Kier alpha value is -0.570. The van der Waals surface area contributed by atoms with Crippen LogP contribution in [0.4, 0.5) is 0 Å². The highest BCUT2D eigenvalue weighted by molar-refractivity contribution is 5.76. The summed E-state index contributed by atoms with van der Waals surface area (Å²) in [5.74, 6) is 2.87. The van der Waals surface area contributed by atoms with E-state index in [1.807, 2.05) is 4.90 Å². The topological polar surface area (TPSA) is 40.5 Å². The van der Waals surface area contributed by atoms with Crippen LogP contribution in [0.5, 0.6) is 0 Å². The maximum Gasteiger partial charge on any atom is 0.222 e. The first-order chi connectivity index (χ1) is 10.1. The van der Waals surface area contributed by atoms with E-state index < -0.39 is 0 Å². The molecule has 0 aromatic rings. The summed E-state index contributed by atoms with van der Waals surface area (Å²) >= 11 is 0. The molecule has 0 radical (unpaired) electrons. The lowest BCUT2D eigenvalue weighted by Crippen LogP contribution is -2.55. The lowest BCUT2D eigenvalue weighted by atomic mass is 9.48. The van der Waals surface area contributed by atoms with Gasteiger partial charge in [0.15, 0.2) is 0 Å². The quantitative estimate of drug-likeness (QED) is 0.868. The van der Waals surface area contributed by atoms with Crippen molar-refractivity contribution in [1.29, 1.82) is 0 Å². The van der Waals surface area contributed by atoms with Crippen LogP contribution >= 0.6 is 0 Å². The summed E-state index contributed by atoms with van der Waals surface area (Å²) in [6.07, 6.45) is 11.6. The molecule has 1 saturated heterocycles. The number of nitrogens with zero attached hydrogens (tertiary/aromatic N) is 1. The lowest BCUT2D eigenvalue weighted by Gasteiger charge is -2.58. The van der Waals surface area contributed by atoms with Crippen molar-refractivity contribution in [1.82, 2.24) is 4.90 Å². The molecule has 118 valence electrons. The van der Waals surface area contributed by atoms with Gasteiger partial charge in [-0.15, -0.1) is 0 Å². The van der Waals surface area contributed by atoms with Crippen LogP contribution < -0.4 is 0 Å². The van der Waals surface area contributed by atoms with Crippen molar-refractivity contribution >= 4 is 5.91 Å². The first-order valence-corrected chi connectivity index (χ1v) is 9.10. The van der Waals surface area contributed by atoms with Crippen molar-refractivity contribution in [2.24, 2.45) is 23.2 Å². The van der Waals surface area contributed by atoms with E-state index in [0.717, 1.165) is 43.6 Å². The minimum atomic E-state index is -0.284. The van der Waals surface area contributed by atoms with Gasteiger partial charge in [-0.05, 0) is 74.5 Å². The van der Waals surface area contributed by atoms with E-state index >= 15 is 0 Å². The number of carbonyl (C=O) groups excluding carboxylic acids is 1. The maximum atomic E-state index is 12.2. The van der Waals surface area contributed by atoms with Crippen LogP contribution in [0.2, 0.25) is 0 Å². The number of hydrogen-bond donors (Lipinski definition) is 1. The van der Waals surface area contributed by atoms with Gasteiger partial charge < -0.3 is 10.0 Å². The molecule has 0 aromatic carbocycles. The molecule has 3 nitrogen and oxygen atoms in total. The Morgan fingerprint density at radius 1 is 1.05 bits per heavy atom. The molecule has 21 heavy (non-hydrogen) atoms. The fraction of sp³-hybridized carbons (Fsp3) is 0.944. The zero-order valence-corrected chi connectivity index (χ0v) is 13.1. The van der Waals surface area contributed by atoms with E-state index in [-0.39, 0.29) is 17.4 Å². The van der Waals surface area contributed by atoms with Crippen LogP contribution in [0.3, 0.4) is 0 Å². The van der Waals surface area contributed by atoms with Gasteiger partial charge in [0.25, 0.3) is 0 Å². The van der Waals surface area contributed by atoms with Gasteiger partial charge in [-0.25, -0.2) is 0 Å². The van der Waals surface area contributed by atoms with Crippen LogP contribution in [0.15, 0.2) is 0 Å². The molecule has 3 heteroatoms. The van der Waals surface area contributed by atoms with Crippen LogP contribution in [-0.2, 0) is 4.79 Å². The molecule has 1 atom stereocenters. The van der Waals surface area contributed by atoms with Crippen LogP contribution in [0.1, 0.15) is 64.2 Å². The molecular formula is C18H29NO2. The number of aliphatic hydroxyl groups is 1. The Kier molecular flexibility index (Phi) is 3.52. The molecule has 1 aliphatic heterocycles. The largest absolute Gasteiger partial charge is 0.391 e. The Labute approximate surface area is 128 Å². The molecule has 5 fully saturated rings. The predicted molar refractivity (Wildman–Crippen MR) is 81.7 cm³/mol. The molecule has 5 rings (SSSR count). The minimum absolute atomic E-state index is 0.154. The Morgan fingerprint density at radius 2 is 1.67 bits per heavy atom. The second kappa shape index (κ2) is 5.26. The smallest absolute Gasteiger partial charge is 0.222 e. The molecule has 4 aliphatic carbocycles. The normalized spacial score (nSPS) is 44.0. The molecule has 0 spiro atoms. The van der Waals surface area contributed by atoms with Crippen molar-refractivity contribution in [2.75, 3.05) is 13.1 Å². The van der Waals surface area contributed by atoms with E-state index in [1.165, 1.54) is 38.5 Å². The van der Waals surface area contributed by atoms with Crippen LogP contribution in [0.25, 0.3) is 0 Å². The molecule has 1 heterocycles. The highest BCUT2D eigenvalue weighted by Crippen LogP contribution is 2.61. The van der Waals surface area contributed by atoms with Gasteiger partial charge in [-0.3, -0.25) is 4.79 Å². The Balaban J connectivity index is 1.47. The van der Waals surface area contributed by atoms with Gasteiger partial charge in [0.2, 0.25) is 5.91 Å². The van der Waals surface area contributed by atoms with Crippen molar-refractivity contribution in [3.05, 3.63) is 0 Å². The average Bonchev–Trinajstić information content (AvgIpc) is 2.62. The summed E-state index contributed by atoms with van der Waals surface area (Å²) in [7, 11) is 0. The minimum Gasteiger partial charge on any atom is -0.391 e. The predicted octanol–water partition coefficient (Wildman–Crippen LogP) is 2.97. The number of rotatable bonds is 3. The van der Waals surface area contributed by atoms with Gasteiger partial charge >= 0.3 is 0 Å². The number of hydrogen-bond acceptors (Lipinski definition) is 2. The summed E-state index contributed by atoms with van der Waals surface area (Å²) in [5.41, 5.74) is 0.154. The van der Waals surface area contributed by atoms with Crippen LogP contribution in [-0.4, -0.2) is 35.1 Å².